The Morgan fingerprint density at radius 2 is 2.11 bits per heavy atom. The molecule has 0 spiro atoms. The molecule has 0 saturated heterocycles. The van der Waals surface area contributed by atoms with Crippen LogP contribution in [0, 0.1) is 6.92 Å². The topological polar surface area (TPSA) is 128 Å². The third-order valence-electron chi connectivity index (χ3n) is 2.09. The first kappa shape index (κ1) is 12.9. The lowest BCUT2D eigenvalue weighted by Crippen LogP contribution is -2.12. The fourth-order valence-corrected chi connectivity index (χ4v) is 2.70. The summed E-state index contributed by atoms with van der Waals surface area (Å²) >= 11 is 1.17. The van der Waals surface area contributed by atoms with Crippen LogP contribution < -0.4 is 10.9 Å². The van der Waals surface area contributed by atoms with Crippen molar-refractivity contribution in [3.63, 3.8) is 0 Å². The first-order chi connectivity index (χ1) is 8.36. The van der Waals surface area contributed by atoms with Gasteiger partial charge in [-0.15, -0.1) is 5.10 Å². The number of aromatic nitrogens is 3. The van der Waals surface area contributed by atoms with Gasteiger partial charge in [0.1, 0.15) is 5.82 Å². The molecule has 0 aliphatic rings. The van der Waals surface area contributed by atoms with Crippen molar-refractivity contribution in [2.24, 2.45) is 5.14 Å². The molecule has 2 aromatic rings. The molecule has 18 heavy (non-hydrogen) atoms. The monoisotopic (exact) mass is 285 g/mol. The zero-order chi connectivity index (χ0) is 13.3. The maximum atomic E-state index is 11.2. The number of H-pyrrole nitrogens is 1. The number of aryl methyl sites for hydroxylation is 1. The number of hydrogen-bond donors (Lipinski definition) is 3. The summed E-state index contributed by atoms with van der Waals surface area (Å²) in [5.74, 6) is 0.665. The van der Waals surface area contributed by atoms with E-state index in [2.05, 4.69) is 15.2 Å². The van der Waals surface area contributed by atoms with Crippen LogP contribution in [0.25, 0.3) is 0 Å². The smallest absolute Gasteiger partial charge is 0.238 e. The molecule has 9 heteroatoms. The highest BCUT2D eigenvalue weighted by molar-refractivity contribution is 7.99. The molecule has 0 fully saturated rings. The predicted octanol–water partition coefficient (Wildman–Crippen LogP) is 0.494. The van der Waals surface area contributed by atoms with Gasteiger partial charge >= 0.3 is 0 Å². The quantitative estimate of drug-likeness (QED) is 0.704. The van der Waals surface area contributed by atoms with E-state index >= 15 is 0 Å². The lowest BCUT2D eigenvalue weighted by Gasteiger charge is -2.05. The van der Waals surface area contributed by atoms with Crippen LogP contribution in [-0.4, -0.2) is 23.6 Å². The van der Waals surface area contributed by atoms with Crippen LogP contribution in [0.1, 0.15) is 5.82 Å². The lowest BCUT2D eigenvalue weighted by atomic mass is 10.3. The first-order valence-electron chi connectivity index (χ1n) is 4.85. The maximum absolute atomic E-state index is 11.2. The number of nitrogens with zero attached hydrogens (tertiary/aromatic N) is 2. The molecule has 0 saturated carbocycles. The van der Waals surface area contributed by atoms with Crippen LogP contribution in [0.5, 0.6) is 0 Å². The van der Waals surface area contributed by atoms with E-state index in [1.165, 1.54) is 30.0 Å². The van der Waals surface area contributed by atoms with Gasteiger partial charge in [-0.2, -0.15) is 0 Å². The van der Waals surface area contributed by atoms with Gasteiger partial charge in [0, 0.05) is 10.6 Å². The average molecular weight is 285 g/mol. The van der Waals surface area contributed by atoms with Crippen molar-refractivity contribution in [2.45, 2.75) is 21.9 Å². The SMILES string of the molecule is Cc1nc(Sc2cc(S(N)(=O)=O)ccc2N)n[nH]1. The zero-order valence-electron chi connectivity index (χ0n) is 9.41. The van der Waals surface area contributed by atoms with Gasteiger partial charge in [0.2, 0.25) is 15.2 Å². The van der Waals surface area contributed by atoms with E-state index in [9.17, 15) is 8.42 Å². The van der Waals surface area contributed by atoms with Crippen molar-refractivity contribution in [3.05, 3.63) is 24.0 Å². The Kier molecular flexibility index (Phi) is 3.28. The van der Waals surface area contributed by atoms with Gasteiger partial charge in [-0.1, -0.05) is 0 Å². The third-order valence-corrected chi connectivity index (χ3v) is 3.94. The second kappa shape index (κ2) is 4.59. The molecule has 0 radical (unpaired) electrons. The molecule has 0 amide bonds. The predicted molar refractivity (Wildman–Crippen MR) is 67.5 cm³/mol. The molecule has 1 aromatic carbocycles. The van der Waals surface area contributed by atoms with Gasteiger partial charge in [0.05, 0.1) is 4.90 Å². The highest BCUT2D eigenvalue weighted by Gasteiger charge is 2.12. The fraction of sp³-hybridized carbons (Fsp3) is 0.111. The molecule has 7 nitrogen and oxygen atoms in total. The van der Waals surface area contributed by atoms with E-state index in [1.54, 1.807) is 6.92 Å². The van der Waals surface area contributed by atoms with Crippen molar-refractivity contribution in [1.29, 1.82) is 0 Å². The number of benzene rings is 1. The molecule has 1 heterocycles. The summed E-state index contributed by atoms with van der Waals surface area (Å²) in [6, 6.07) is 4.25. The molecule has 2 rings (SSSR count). The van der Waals surface area contributed by atoms with Crippen LogP contribution in [0.2, 0.25) is 0 Å². The van der Waals surface area contributed by atoms with Crippen molar-refractivity contribution >= 4 is 27.5 Å². The zero-order valence-corrected chi connectivity index (χ0v) is 11.0. The van der Waals surface area contributed by atoms with E-state index < -0.39 is 10.0 Å². The summed E-state index contributed by atoms with van der Waals surface area (Å²) in [6.45, 7) is 1.77. The minimum atomic E-state index is -3.75. The second-order valence-corrected chi connectivity index (χ2v) is 6.12. The van der Waals surface area contributed by atoms with E-state index in [1.807, 2.05) is 0 Å². The number of aromatic amines is 1. The standard InChI is InChI=1S/C9H11N5O2S2/c1-5-12-9(14-13-5)17-8-4-6(18(11,15)16)2-3-7(8)10/h2-4H,10H2,1H3,(H2,11,15,16)(H,12,13,14). The molecule has 0 aliphatic carbocycles. The van der Waals surface area contributed by atoms with Crippen molar-refractivity contribution < 1.29 is 8.42 Å². The van der Waals surface area contributed by atoms with E-state index in [-0.39, 0.29) is 4.90 Å². The Labute approximate surface area is 108 Å². The number of nitrogens with one attached hydrogen (secondary N) is 1. The first-order valence-corrected chi connectivity index (χ1v) is 7.22. The van der Waals surface area contributed by atoms with Gasteiger partial charge in [-0.3, -0.25) is 5.10 Å². The minimum Gasteiger partial charge on any atom is -0.398 e. The van der Waals surface area contributed by atoms with Crippen LogP contribution in [0.15, 0.2) is 33.1 Å². The number of nitrogens with two attached hydrogens (primary N) is 2. The van der Waals surface area contributed by atoms with Crippen LogP contribution in [0.3, 0.4) is 0 Å². The number of sulfonamides is 1. The van der Waals surface area contributed by atoms with Gasteiger partial charge in [-0.25, -0.2) is 18.5 Å². The Bertz CT molecular complexity index is 680. The fourth-order valence-electron chi connectivity index (χ4n) is 1.25. The van der Waals surface area contributed by atoms with Gasteiger partial charge in [-0.05, 0) is 36.9 Å². The van der Waals surface area contributed by atoms with E-state index in [0.717, 1.165) is 0 Å². The van der Waals surface area contributed by atoms with E-state index in [4.69, 9.17) is 10.9 Å². The van der Waals surface area contributed by atoms with Crippen LogP contribution in [-0.2, 0) is 10.0 Å². The summed E-state index contributed by atoms with van der Waals surface area (Å²) in [4.78, 5) is 4.65. The van der Waals surface area contributed by atoms with Gasteiger partial charge < -0.3 is 5.73 Å². The summed E-state index contributed by atoms with van der Waals surface area (Å²) in [5, 5.41) is 12.1. The molecule has 0 unspecified atom stereocenters. The van der Waals surface area contributed by atoms with Gasteiger partial charge in [0.25, 0.3) is 0 Å². The number of primary sulfonamides is 1. The summed E-state index contributed by atoms with van der Waals surface area (Å²) < 4.78 is 22.5. The maximum Gasteiger partial charge on any atom is 0.238 e. The summed E-state index contributed by atoms with van der Waals surface area (Å²) in [7, 11) is -3.75. The van der Waals surface area contributed by atoms with Crippen LogP contribution >= 0.6 is 11.8 Å². The lowest BCUT2D eigenvalue weighted by molar-refractivity contribution is 0.597. The molecular formula is C9H11N5O2S2. The molecule has 1 aromatic heterocycles. The van der Waals surface area contributed by atoms with Crippen molar-refractivity contribution in [1.82, 2.24) is 15.2 Å². The largest absolute Gasteiger partial charge is 0.398 e. The summed E-state index contributed by atoms with van der Waals surface area (Å²) in [6.07, 6.45) is 0. The Hall–Kier alpha value is -1.58. The molecule has 0 aliphatic heterocycles. The normalized spacial score (nSPS) is 11.7. The van der Waals surface area contributed by atoms with Gasteiger partial charge in [0.15, 0.2) is 0 Å². The molecule has 5 N–H and O–H groups in total. The highest BCUT2D eigenvalue weighted by atomic mass is 32.2. The minimum absolute atomic E-state index is 0.00598. The average Bonchev–Trinajstić information content (AvgIpc) is 2.66. The number of hydrogen-bond acceptors (Lipinski definition) is 6. The molecule has 0 bridgehead atoms. The molecule has 96 valence electrons. The molecule has 0 atom stereocenters. The Balaban J connectivity index is 2.38. The van der Waals surface area contributed by atoms with Crippen LogP contribution in [0.4, 0.5) is 5.69 Å². The second-order valence-electron chi connectivity index (χ2n) is 3.55. The molecular weight excluding hydrogens is 274 g/mol. The summed E-state index contributed by atoms with van der Waals surface area (Å²) in [5.41, 5.74) is 6.20. The number of rotatable bonds is 3. The number of nitrogen functional groups attached to an aromatic ring is 1. The Morgan fingerprint density at radius 1 is 1.39 bits per heavy atom. The van der Waals surface area contributed by atoms with Crippen molar-refractivity contribution in [3.8, 4) is 0 Å². The highest BCUT2D eigenvalue weighted by Crippen LogP contribution is 2.31. The number of anilines is 1. The third kappa shape index (κ3) is 2.81. The Morgan fingerprint density at radius 3 is 2.67 bits per heavy atom. The van der Waals surface area contributed by atoms with E-state index in [0.29, 0.717) is 21.6 Å². The van der Waals surface area contributed by atoms with Crippen molar-refractivity contribution in [2.75, 3.05) is 5.73 Å².